The van der Waals surface area contributed by atoms with E-state index in [1.54, 1.807) is 30.7 Å². The summed E-state index contributed by atoms with van der Waals surface area (Å²) < 4.78 is 44.6. The number of fused-ring (bicyclic) bond motifs is 1. The molecule has 1 aliphatic carbocycles. The largest absolute Gasteiger partial charge is 0.481 e. The first kappa shape index (κ1) is 23.6. The third kappa shape index (κ3) is 5.26. The van der Waals surface area contributed by atoms with Crippen molar-refractivity contribution in [1.82, 2.24) is 29.9 Å². The van der Waals surface area contributed by atoms with Gasteiger partial charge in [0, 0.05) is 42.3 Å². The number of pyridine rings is 2. The highest BCUT2D eigenvalue weighted by molar-refractivity contribution is 5.76. The van der Waals surface area contributed by atoms with Crippen molar-refractivity contribution in [2.75, 3.05) is 0 Å². The zero-order chi connectivity index (χ0) is 25.3. The molecule has 0 bridgehead atoms. The van der Waals surface area contributed by atoms with Crippen LogP contribution < -0.4 is 4.74 Å². The number of imidazole rings is 1. The van der Waals surface area contributed by atoms with Crippen LogP contribution in [0.4, 0.5) is 13.2 Å². The molecule has 4 heterocycles. The number of ether oxygens (including phenoxy) is 1. The van der Waals surface area contributed by atoms with Gasteiger partial charge in [-0.05, 0) is 49.8 Å². The molecular weight excluding hydrogens is 477 g/mol. The number of aliphatic carboxylic acids is 1. The number of rotatable bonds is 6. The average Bonchev–Trinajstić information content (AvgIpc) is 3.29. The maximum atomic E-state index is 12.9. The van der Waals surface area contributed by atoms with E-state index in [9.17, 15) is 18.0 Å². The molecule has 1 saturated carbocycles. The zero-order valence-electron chi connectivity index (χ0n) is 18.9. The van der Waals surface area contributed by atoms with Crippen molar-refractivity contribution in [3.05, 3.63) is 48.5 Å². The van der Waals surface area contributed by atoms with Gasteiger partial charge in [0.05, 0.1) is 16.8 Å². The van der Waals surface area contributed by atoms with Crippen molar-refractivity contribution in [3.63, 3.8) is 0 Å². The van der Waals surface area contributed by atoms with Gasteiger partial charge < -0.3 is 14.8 Å². The number of carbonyl (C=O) groups is 1. The van der Waals surface area contributed by atoms with E-state index in [4.69, 9.17) is 9.84 Å². The van der Waals surface area contributed by atoms with Crippen LogP contribution >= 0.6 is 0 Å². The minimum absolute atomic E-state index is 0.0381. The predicted molar refractivity (Wildman–Crippen MR) is 122 cm³/mol. The summed E-state index contributed by atoms with van der Waals surface area (Å²) in [6.07, 6.45) is 4.31. The van der Waals surface area contributed by atoms with E-state index >= 15 is 0 Å². The number of nitrogens with zero attached hydrogens (tertiary/aromatic N) is 5. The second-order valence-corrected chi connectivity index (χ2v) is 8.72. The van der Waals surface area contributed by atoms with Crippen molar-refractivity contribution < 1.29 is 27.8 Å². The molecule has 2 N–H and O–H groups in total. The highest BCUT2D eigenvalue weighted by Gasteiger charge is 2.31. The highest BCUT2D eigenvalue weighted by atomic mass is 19.4. The van der Waals surface area contributed by atoms with Gasteiger partial charge in [0.25, 0.3) is 0 Å². The number of aromatic nitrogens is 6. The minimum atomic E-state index is -4.49. The molecular formula is C24H21F3N6O3. The highest BCUT2D eigenvalue weighted by Crippen LogP contribution is 2.31. The van der Waals surface area contributed by atoms with Crippen molar-refractivity contribution in [2.24, 2.45) is 5.92 Å². The van der Waals surface area contributed by atoms with Crippen LogP contribution in [0.15, 0.2) is 43.0 Å². The second kappa shape index (κ2) is 9.51. The van der Waals surface area contributed by atoms with Gasteiger partial charge >= 0.3 is 18.2 Å². The van der Waals surface area contributed by atoms with Crippen LogP contribution in [-0.2, 0) is 11.0 Å². The standard InChI is InChI=1S/C24H21F3N6O3/c25-24(26,27)16-8-19-22(29-12-16)33-21(32-19)14-3-6-18(28-9-14)15-10-30-23(31-11-15)36-17-4-1-13(2-5-17)7-20(34)35/h3,6,8-13,17H,1-2,4-5,7H2,(H,34,35)(H,29,32,33). The van der Waals surface area contributed by atoms with Gasteiger partial charge in [-0.25, -0.2) is 19.9 Å². The van der Waals surface area contributed by atoms with Crippen LogP contribution in [0.25, 0.3) is 33.8 Å². The molecule has 0 spiro atoms. The SMILES string of the molecule is O=C(O)CC1CCC(Oc2ncc(-c3ccc(-c4nc5ncc(C(F)(F)F)cc5[nH]4)cn3)cn2)CC1. The second-order valence-electron chi connectivity index (χ2n) is 8.72. The first-order valence-electron chi connectivity index (χ1n) is 11.3. The quantitative estimate of drug-likeness (QED) is 0.384. The monoisotopic (exact) mass is 498 g/mol. The molecule has 5 rings (SSSR count). The van der Waals surface area contributed by atoms with Crippen molar-refractivity contribution in [1.29, 1.82) is 0 Å². The molecule has 0 aromatic carbocycles. The van der Waals surface area contributed by atoms with Gasteiger partial charge in [-0.15, -0.1) is 0 Å². The normalized spacial score (nSPS) is 18.3. The lowest BCUT2D eigenvalue weighted by atomic mass is 9.85. The molecule has 1 fully saturated rings. The van der Waals surface area contributed by atoms with Gasteiger partial charge in [0.2, 0.25) is 0 Å². The Morgan fingerprint density at radius 1 is 1.00 bits per heavy atom. The van der Waals surface area contributed by atoms with E-state index in [-0.39, 0.29) is 35.6 Å². The number of alkyl halides is 3. The summed E-state index contributed by atoms with van der Waals surface area (Å²) in [4.78, 5) is 34.7. The summed E-state index contributed by atoms with van der Waals surface area (Å²) in [6, 6.07) is 4.71. The third-order valence-electron chi connectivity index (χ3n) is 6.15. The van der Waals surface area contributed by atoms with E-state index < -0.39 is 17.7 Å². The first-order valence-corrected chi connectivity index (χ1v) is 11.3. The van der Waals surface area contributed by atoms with Crippen LogP contribution in [0.1, 0.15) is 37.7 Å². The predicted octanol–water partition coefficient (Wildman–Crippen LogP) is 4.91. The average molecular weight is 498 g/mol. The molecule has 0 unspecified atom stereocenters. The molecule has 4 aromatic heterocycles. The van der Waals surface area contributed by atoms with Gasteiger partial charge in [-0.2, -0.15) is 13.2 Å². The zero-order valence-corrected chi connectivity index (χ0v) is 18.9. The molecule has 12 heteroatoms. The Morgan fingerprint density at radius 3 is 2.36 bits per heavy atom. The summed E-state index contributed by atoms with van der Waals surface area (Å²) in [5.41, 5.74) is 1.37. The number of aromatic amines is 1. The molecule has 4 aromatic rings. The third-order valence-corrected chi connectivity index (χ3v) is 6.15. The molecule has 0 amide bonds. The number of nitrogens with one attached hydrogen (secondary N) is 1. The molecule has 186 valence electrons. The lowest BCUT2D eigenvalue weighted by molar-refractivity contribution is -0.139. The maximum Gasteiger partial charge on any atom is 0.417 e. The lowest BCUT2D eigenvalue weighted by Gasteiger charge is -2.27. The van der Waals surface area contributed by atoms with Crippen LogP contribution in [-0.4, -0.2) is 47.1 Å². The van der Waals surface area contributed by atoms with Crippen LogP contribution in [0.2, 0.25) is 0 Å². The summed E-state index contributed by atoms with van der Waals surface area (Å²) >= 11 is 0. The molecule has 36 heavy (non-hydrogen) atoms. The minimum Gasteiger partial charge on any atom is -0.481 e. The van der Waals surface area contributed by atoms with Gasteiger partial charge in [-0.3, -0.25) is 9.78 Å². The first-order chi connectivity index (χ1) is 17.2. The summed E-state index contributed by atoms with van der Waals surface area (Å²) in [5, 5.41) is 8.93. The van der Waals surface area contributed by atoms with Gasteiger partial charge in [0.15, 0.2) is 5.65 Å². The topological polar surface area (TPSA) is 127 Å². The fourth-order valence-corrected chi connectivity index (χ4v) is 4.26. The van der Waals surface area contributed by atoms with E-state index in [0.29, 0.717) is 22.6 Å². The van der Waals surface area contributed by atoms with E-state index in [2.05, 4.69) is 29.9 Å². The van der Waals surface area contributed by atoms with Crippen molar-refractivity contribution >= 4 is 17.1 Å². The van der Waals surface area contributed by atoms with Gasteiger partial charge in [-0.1, -0.05) is 0 Å². The molecule has 0 saturated heterocycles. The van der Waals surface area contributed by atoms with Crippen LogP contribution in [0, 0.1) is 5.92 Å². The Hall–Kier alpha value is -4.09. The molecule has 1 aliphatic rings. The molecule has 0 atom stereocenters. The summed E-state index contributed by atoms with van der Waals surface area (Å²) in [7, 11) is 0. The fraction of sp³-hybridized carbons (Fsp3) is 0.333. The lowest BCUT2D eigenvalue weighted by Crippen LogP contribution is -2.25. The molecule has 0 radical (unpaired) electrons. The number of carboxylic acid groups (broad SMARTS) is 1. The maximum absolute atomic E-state index is 12.9. The fourth-order valence-electron chi connectivity index (χ4n) is 4.26. The summed E-state index contributed by atoms with van der Waals surface area (Å²) in [6.45, 7) is 0. The summed E-state index contributed by atoms with van der Waals surface area (Å²) in [5.74, 6) is -0.226. The number of hydrogen-bond donors (Lipinski definition) is 2. The number of H-pyrrole nitrogens is 1. The number of hydrogen-bond acceptors (Lipinski definition) is 7. The van der Waals surface area contributed by atoms with Crippen LogP contribution in [0.3, 0.4) is 0 Å². The Labute approximate surface area is 202 Å². The van der Waals surface area contributed by atoms with E-state index in [0.717, 1.165) is 37.9 Å². The smallest absolute Gasteiger partial charge is 0.417 e. The van der Waals surface area contributed by atoms with Crippen LogP contribution in [0.5, 0.6) is 6.01 Å². The Kier molecular flexibility index (Phi) is 6.25. The molecule has 0 aliphatic heterocycles. The number of carboxylic acids is 1. The number of halogens is 3. The molecule has 9 nitrogen and oxygen atoms in total. The van der Waals surface area contributed by atoms with Gasteiger partial charge in [0.1, 0.15) is 11.9 Å². The van der Waals surface area contributed by atoms with E-state index in [1.807, 2.05) is 0 Å². The Balaban J connectivity index is 1.23. The Bertz CT molecular complexity index is 1360. The van der Waals surface area contributed by atoms with Crippen molar-refractivity contribution in [3.8, 4) is 28.7 Å². The Morgan fingerprint density at radius 2 is 1.72 bits per heavy atom. The van der Waals surface area contributed by atoms with Crippen molar-refractivity contribution in [2.45, 2.75) is 44.4 Å². The van der Waals surface area contributed by atoms with E-state index in [1.165, 1.54) is 0 Å².